The van der Waals surface area contributed by atoms with Crippen molar-refractivity contribution < 1.29 is 37.7 Å². The van der Waals surface area contributed by atoms with Gasteiger partial charge in [0.2, 0.25) is 0 Å². The minimum atomic E-state index is -3.84. The third-order valence-electron chi connectivity index (χ3n) is 3.84. The molecule has 7 nitrogen and oxygen atoms in total. The molecule has 0 saturated carbocycles. The molecule has 0 aromatic heterocycles. The molecule has 1 amide bonds. The minimum absolute atomic E-state index is 0.0320. The first-order valence-corrected chi connectivity index (χ1v) is 7.25. The Bertz CT molecular complexity index is 574. The fourth-order valence-electron chi connectivity index (χ4n) is 2.86. The zero-order chi connectivity index (χ0) is 17.4. The van der Waals surface area contributed by atoms with Gasteiger partial charge in [0, 0.05) is 0 Å². The highest BCUT2D eigenvalue weighted by Gasteiger charge is 2.61. The summed E-state index contributed by atoms with van der Waals surface area (Å²) in [7, 11) is 0. The number of carbonyl (C=O) groups excluding carboxylic acids is 3. The monoisotopic (exact) mass is 333 g/mol. The van der Waals surface area contributed by atoms with Gasteiger partial charge >= 0.3 is 17.9 Å². The average Bonchev–Trinajstić information content (AvgIpc) is 2.92. The number of amides is 1. The lowest BCUT2D eigenvalue weighted by Crippen LogP contribution is -2.58. The maximum Gasteiger partial charge on any atom is 0.347 e. The van der Waals surface area contributed by atoms with Crippen molar-refractivity contribution in [1.29, 1.82) is 0 Å². The van der Waals surface area contributed by atoms with Crippen LogP contribution in [0.3, 0.4) is 0 Å². The highest BCUT2D eigenvalue weighted by atomic mass is 19.3. The number of aliphatic hydroxyl groups excluding tert-OH is 1. The second-order valence-electron chi connectivity index (χ2n) is 5.14. The van der Waals surface area contributed by atoms with E-state index in [2.05, 4.69) is 4.74 Å². The maximum atomic E-state index is 14.3. The number of carbonyl (C=O) groups is 3. The maximum absolute atomic E-state index is 14.3. The van der Waals surface area contributed by atoms with Crippen LogP contribution >= 0.6 is 0 Å². The smallest absolute Gasteiger partial charge is 0.347 e. The molecule has 2 aliphatic heterocycles. The van der Waals surface area contributed by atoms with Crippen LogP contribution in [0.15, 0.2) is 11.3 Å². The number of hydrogen-bond donors (Lipinski definition) is 1. The molecular formula is C14H17F2NO6. The number of nitrogens with zero attached hydrogens (tertiary/aromatic N) is 1. The van der Waals surface area contributed by atoms with Crippen molar-refractivity contribution in [3.8, 4) is 0 Å². The summed E-state index contributed by atoms with van der Waals surface area (Å²) in [4.78, 5) is 36.7. The van der Waals surface area contributed by atoms with Crippen LogP contribution in [0.4, 0.5) is 8.78 Å². The summed E-state index contributed by atoms with van der Waals surface area (Å²) >= 11 is 0. The first-order chi connectivity index (χ1) is 10.8. The molecule has 1 saturated heterocycles. The standard InChI is InChI=1S/C14H17F2NO6/c1-3-22-12(20)7-5-6-8-14(15,16)10(18)9(11(19)17(7)8)13(21)23-4-2/h7-8,18H,3-6H2,1-2H3/t7-,8?/m0/s1. The second kappa shape index (κ2) is 6.13. The first-order valence-electron chi connectivity index (χ1n) is 7.25. The predicted molar refractivity (Wildman–Crippen MR) is 71.5 cm³/mol. The molecular weight excluding hydrogens is 316 g/mol. The molecule has 1 fully saturated rings. The van der Waals surface area contributed by atoms with Gasteiger partial charge in [-0.25, -0.2) is 9.59 Å². The van der Waals surface area contributed by atoms with E-state index in [1.807, 2.05) is 0 Å². The van der Waals surface area contributed by atoms with Crippen LogP contribution in [-0.2, 0) is 23.9 Å². The molecule has 1 unspecified atom stereocenters. The van der Waals surface area contributed by atoms with Gasteiger partial charge in [0.25, 0.3) is 5.91 Å². The lowest BCUT2D eigenvalue weighted by atomic mass is 9.96. The second-order valence-corrected chi connectivity index (χ2v) is 5.14. The number of fused-ring (bicyclic) bond motifs is 1. The number of ether oxygens (including phenoxy) is 2. The molecule has 128 valence electrons. The van der Waals surface area contributed by atoms with Crippen LogP contribution < -0.4 is 0 Å². The summed E-state index contributed by atoms with van der Waals surface area (Å²) in [5.74, 6) is -8.75. The van der Waals surface area contributed by atoms with Gasteiger partial charge in [0.05, 0.1) is 13.2 Å². The quantitative estimate of drug-likeness (QED) is 0.608. The average molecular weight is 333 g/mol. The molecule has 2 rings (SSSR count). The van der Waals surface area contributed by atoms with Crippen LogP contribution in [0.1, 0.15) is 26.7 Å². The van der Waals surface area contributed by atoms with Crippen molar-refractivity contribution in [2.24, 2.45) is 0 Å². The van der Waals surface area contributed by atoms with E-state index in [1.165, 1.54) is 6.92 Å². The van der Waals surface area contributed by atoms with Crippen LogP contribution in [-0.4, -0.2) is 59.1 Å². The van der Waals surface area contributed by atoms with Crippen LogP contribution in [0.25, 0.3) is 0 Å². The van der Waals surface area contributed by atoms with Gasteiger partial charge < -0.3 is 19.5 Å². The molecule has 0 aliphatic carbocycles. The third kappa shape index (κ3) is 2.64. The third-order valence-corrected chi connectivity index (χ3v) is 3.84. The number of rotatable bonds is 4. The SMILES string of the molecule is CCOC(=O)C1=C(O)C(F)(F)C2CC[C@@H](C(=O)OCC)N2C1=O. The molecule has 0 spiro atoms. The fourth-order valence-corrected chi connectivity index (χ4v) is 2.86. The molecule has 2 aliphatic rings. The Labute approximate surface area is 130 Å². The van der Waals surface area contributed by atoms with Gasteiger partial charge in [-0.15, -0.1) is 0 Å². The van der Waals surface area contributed by atoms with E-state index in [1.54, 1.807) is 6.92 Å². The Morgan fingerprint density at radius 3 is 2.43 bits per heavy atom. The normalized spacial score (nSPS) is 26.1. The number of halogens is 2. The van der Waals surface area contributed by atoms with Gasteiger partial charge in [-0.05, 0) is 26.7 Å². The molecule has 0 bridgehead atoms. The summed E-state index contributed by atoms with van der Waals surface area (Å²) in [5.41, 5.74) is -1.13. The summed E-state index contributed by atoms with van der Waals surface area (Å²) in [6, 6.07) is -2.90. The minimum Gasteiger partial charge on any atom is -0.505 e. The van der Waals surface area contributed by atoms with Gasteiger partial charge in [-0.2, -0.15) is 8.78 Å². The fraction of sp³-hybridized carbons (Fsp3) is 0.643. The van der Waals surface area contributed by atoms with Crippen LogP contribution in [0.5, 0.6) is 0 Å². The number of aliphatic hydroxyl groups is 1. The summed E-state index contributed by atoms with van der Waals surface area (Å²) in [5, 5.41) is 9.70. The van der Waals surface area contributed by atoms with Gasteiger partial charge in [0.15, 0.2) is 11.3 Å². The number of alkyl halides is 2. The summed E-state index contributed by atoms with van der Waals surface area (Å²) in [6.45, 7) is 2.86. The van der Waals surface area contributed by atoms with E-state index in [4.69, 9.17) is 4.74 Å². The number of esters is 2. The Hall–Kier alpha value is -2.19. The largest absolute Gasteiger partial charge is 0.505 e. The van der Waals surface area contributed by atoms with E-state index in [0.29, 0.717) is 4.90 Å². The zero-order valence-electron chi connectivity index (χ0n) is 12.7. The molecule has 1 N–H and O–H groups in total. The highest BCUT2D eigenvalue weighted by molar-refractivity contribution is 6.18. The van der Waals surface area contributed by atoms with Crippen molar-refractivity contribution in [3.63, 3.8) is 0 Å². The van der Waals surface area contributed by atoms with Crippen molar-refractivity contribution in [1.82, 2.24) is 4.90 Å². The Kier molecular flexibility index (Phi) is 4.58. The van der Waals surface area contributed by atoms with Crippen molar-refractivity contribution >= 4 is 17.8 Å². The molecule has 2 atom stereocenters. The molecule has 23 heavy (non-hydrogen) atoms. The first kappa shape index (κ1) is 17.2. The molecule has 0 radical (unpaired) electrons. The topological polar surface area (TPSA) is 93.1 Å². The highest BCUT2D eigenvalue weighted by Crippen LogP contribution is 2.44. The van der Waals surface area contributed by atoms with Crippen molar-refractivity contribution in [2.75, 3.05) is 13.2 Å². The lowest BCUT2D eigenvalue weighted by molar-refractivity contribution is -0.163. The van der Waals surface area contributed by atoms with E-state index in [9.17, 15) is 28.3 Å². The lowest BCUT2D eigenvalue weighted by Gasteiger charge is -2.38. The van der Waals surface area contributed by atoms with Crippen molar-refractivity contribution in [3.05, 3.63) is 11.3 Å². The zero-order valence-corrected chi connectivity index (χ0v) is 12.7. The Balaban J connectivity index is 2.44. The van der Waals surface area contributed by atoms with E-state index in [-0.39, 0.29) is 26.1 Å². The van der Waals surface area contributed by atoms with Crippen molar-refractivity contribution in [2.45, 2.75) is 44.7 Å². The molecule has 9 heteroatoms. The molecule has 0 aromatic rings. The number of hydrogen-bond acceptors (Lipinski definition) is 6. The predicted octanol–water partition coefficient (Wildman–Crippen LogP) is 0.933. The van der Waals surface area contributed by atoms with Gasteiger partial charge in [-0.1, -0.05) is 0 Å². The van der Waals surface area contributed by atoms with Gasteiger partial charge in [0.1, 0.15) is 12.1 Å². The van der Waals surface area contributed by atoms with Crippen LogP contribution in [0, 0.1) is 0 Å². The summed E-state index contributed by atoms with van der Waals surface area (Å²) in [6.07, 6.45) is -0.226. The van der Waals surface area contributed by atoms with E-state index in [0.717, 1.165) is 0 Å². The molecule has 0 aromatic carbocycles. The van der Waals surface area contributed by atoms with Crippen LogP contribution in [0.2, 0.25) is 0 Å². The Morgan fingerprint density at radius 2 is 1.87 bits per heavy atom. The van der Waals surface area contributed by atoms with E-state index >= 15 is 0 Å². The van der Waals surface area contributed by atoms with E-state index < -0.39 is 47.2 Å². The van der Waals surface area contributed by atoms with Gasteiger partial charge in [-0.3, -0.25) is 4.79 Å². The Morgan fingerprint density at radius 1 is 1.26 bits per heavy atom. The summed E-state index contributed by atoms with van der Waals surface area (Å²) < 4.78 is 38.0. The molecule has 2 heterocycles.